The second-order valence-electron chi connectivity index (χ2n) is 5.63. The molecule has 1 amide bonds. The first-order chi connectivity index (χ1) is 12.1. The van der Waals surface area contributed by atoms with Crippen LogP contribution < -0.4 is 10.4 Å². The molecule has 0 saturated carbocycles. The molecule has 0 aliphatic heterocycles. The lowest BCUT2D eigenvalue weighted by Gasteiger charge is -2.20. The van der Waals surface area contributed by atoms with Gasteiger partial charge in [-0.15, -0.1) is 0 Å². The fraction of sp³-hybridized carbons (Fsp3) is 0.200. The normalized spacial score (nSPS) is 10.6. The van der Waals surface area contributed by atoms with E-state index in [1.54, 1.807) is 29.2 Å². The van der Waals surface area contributed by atoms with Gasteiger partial charge in [-0.25, -0.2) is 4.79 Å². The Bertz CT molecular complexity index is 947. The quantitative estimate of drug-likeness (QED) is 0.669. The van der Waals surface area contributed by atoms with E-state index in [-0.39, 0.29) is 11.5 Å². The summed E-state index contributed by atoms with van der Waals surface area (Å²) in [7, 11) is 1.51. The van der Waals surface area contributed by atoms with Gasteiger partial charge in [0.2, 0.25) is 0 Å². The van der Waals surface area contributed by atoms with Gasteiger partial charge in [0.15, 0.2) is 11.3 Å². The summed E-state index contributed by atoms with van der Waals surface area (Å²) < 4.78 is 10.6. The highest BCUT2D eigenvalue weighted by Crippen LogP contribution is 2.24. The van der Waals surface area contributed by atoms with E-state index < -0.39 is 5.63 Å². The molecule has 0 N–H and O–H groups in total. The average molecular weight is 337 g/mol. The van der Waals surface area contributed by atoms with Crippen LogP contribution in [0.3, 0.4) is 0 Å². The van der Waals surface area contributed by atoms with Crippen molar-refractivity contribution in [1.82, 2.24) is 4.90 Å². The first kappa shape index (κ1) is 16.8. The Morgan fingerprint density at radius 3 is 2.56 bits per heavy atom. The molecule has 0 bridgehead atoms. The molecule has 0 aliphatic rings. The predicted octanol–water partition coefficient (Wildman–Crippen LogP) is 3.46. The van der Waals surface area contributed by atoms with Crippen LogP contribution in [0.15, 0.2) is 63.8 Å². The second kappa shape index (κ2) is 7.21. The van der Waals surface area contributed by atoms with Gasteiger partial charge in [0.1, 0.15) is 5.56 Å². The lowest BCUT2D eigenvalue weighted by atomic mass is 10.1. The summed E-state index contributed by atoms with van der Waals surface area (Å²) in [4.78, 5) is 26.8. The van der Waals surface area contributed by atoms with Gasteiger partial charge in [-0.2, -0.15) is 0 Å². The third-order valence-corrected chi connectivity index (χ3v) is 4.06. The molecule has 5 heteroatoms. The number of carbonyl (C=O) groups excluding carboxylic acids is 1. The molecule has 1 heterocycles. The molecule has 0 saturated heterocycles. The number of benzene rings is 2. The van der Waals surface area contributed by atoms with E-state index in [1.165, 1.54) is 7.11 Å². The smallest absolute Gasteiger partial charge is 0.349 e. The lowest BCUT2D eigenvalue weighted by Crippen LogP contribution is -2.33. The highest BCUT2D eigenvalue weighted by atomic mass is 16.5. The van der Waals surface area contributed by atoms with Crippen LogP contribution in [0, 0.1) is 0 Å². The van der Waals surface area contributed by atoms with Crippen molar-refractivity contribution in [3.8, 4) is 5.75 Å². The Kier molecular flexibility index (Phi) is 4.84. The van der Waals surface area contributed by atoms with Gasteiger partial charge in [-0.3, -0.25) is 4.79 Å². The van der Waals surface area contributed by atoms with Gasteiger partial charge in [-0.05, 0) is 24.6 Å². The number of ether oxygens (including phenoxy) is 1. The monoisotopic (exact) mass is 337 g/mol. The fourth-order valence-corrected chi connectivity index (χ4v) is 2.73. The molecule has 128 valence electrons. The molecule has 5 nitrogen and oxygen atoms in total. The Morgan fingerprint density at radius 1 is 1.12 bits per heavy atom. The highest BCUT2D eigenvalue weighted by molar-refractivity contribution is 5.97. The van der Waals surface area contributed by atoms with E-state index in [4.69, 9.17) is 9.15 Å². The minimum atomic E-state index is -0.659. The van der Waals surface area contributed by atoms with E-state index in [9.17, 15) is 9.59 Å². The minimum Gasteiger partial charge on any atom is -0.493 e. The Labute approximate surface area is 145 Å². The number of methoxy groups -OCH3 is 1. The van der Waals surface area contributed by atoms with Crippen molar-refractivity contribution in [3.05, 3.63) is 76.1 Å². The van der Waals surface area contributed by atoms with Gasteiger partial charge in [0.05, 0.1) is 7.11 Å². The number of fused-ring (bicyclic) bond motifs is 1. The van der Waals surface area contributed by atoms with Crippen LogP contribution in [0.4, 0.5) is 0 Å². The van der Waals surface area contributed by atoms with Crippen LogP contribution in [0.1, 0.15) is 22.8 Å². The van der Waals surface area contributed by atoms with Crippen molar-refractivity contribution in [2.45, 2.75) is 13.5 Å². The summed E-state index contributed by atoms with van der Waals surface area (Å²) in [5.74, 6) is 0.120. The van der Waals surface area contributed by atoms with E-state index in [0.717, 1.165) is 5.56 Å². The second-order valence-corrected chi connectivity index (χ2v) is 5.63. The van der Waals surface area contributed by atoms with Crippen LogP contribution >= 0.6 is 0 Å². The fourth-order valence-electron chi connectivity index (χ4n) is 2.73. The number of hydrogen-bond acceptors (Lipinski definition) is 4. The Morgan fingerprint density at radius 2 is 1.88 bits per heavy atom. The number of carbonyl (C=O) groups is 1. The molecule has 0 radical (unpaired) electrons. The molecule has 3 aromatic rings. The molecule has 0 spiro atoms. The molecule has 0 atom stereocenters. The van der Waals surface area contributed by atoms with Gasteiger partial charge in [-0.1, -0.05) is 42.5 Å². The van der Waals surface area contributed by atoms with Gasteiger partial charge < -0.3 is 14.1 Å². The SMILES string of the molecule is CCN(Cc1ccccc1)C(=O)c1cc2cccc(OC)c2oc1=O. The lowest BCUT2D eigenvalue weighted by molar-refractivity contribution is 0.0748. The number of amides is 1. The average Bonchev–Trinajstić information content (AvgIpc) is 2.65. The molecular formula is C20H19NO4. The zero-order valence-corrected chi connectivity index (χ0v) is 14.2. The summed E-state index contributed by atoms with van der Waals surface area (Å²) in [5, 5.41) is 0.651. The predicted molar refractivity (Wildman–Crippen MR) is 95.9 cm³/mol. The van der Waals surface area contributed by atoms with Crippen molar-refractivity contribution < 1.29 is 13.9 Å². The van der Waals surface area contributed by atoms with Gasteiger partial charge in [0, 0.05) is 18.5 Å². The van der Waals surface area contributed by atoms with Crippen molar-refractivity contribution in [2.75, 3.05) is 13.7 Å². The van der Waals surface area contributed by atoms with Crippen molar-refractivity contribution >= 4 is 16.9 Å². The maximum absolute atomic E-state index is 12.8. The molecule has 1 aromatic heterocycles. The van der Waals surface area contributed by atoms with Gasteiger partial charge in [0.25, 0.3) is 5.91 Å². The van der Waals surface area contributed by atoms with E-state index in [1.807, 2.05) is 37.3 Å². The zero-order valence-electron chi connectivity index (χ0n) is 14.2. The van der Waals surface area contributed by atoms with Crippen molar-refractivity contribution in [3.63, 3.8) is 0 Å². The first-order valence-corrected chi connectivity index (χ1v) is 8.08. The molecule has 25 heavy (non-hydrogen) atoms. The Hall–Kier alpha value is -3.08. The van der Waals surface area contributed by atoms with Crippen LogP contribution in [-0.4, -0.2) is 24.5 Å². The third-order valence-electron chi connectivity index (χ3n) is 4.06. The van der Waals surface area contributed by atoms with E-state index in [0.29, 0.717) is 29.8 Å². The van der Waals surface area contributed by atoms with E-state index in [2.05, 4.69) is 0 Å². The van der Waals surface area contributed by atoms with Gasteiger partial charge >= 0.3 is 5.63 Å². The summed E-state index contributed by atoms with van der Waals surface area (Å²) in [6.07, 6.45) is 0. The molecule has 0 unspecified atom stereocenters. The number of hydrogen-bond donors (Lipinski definition) is 0. The highest BCUT2D eigenvalue weighted by Gasteiger charge is 2.20. The van der Waals surface area contributed by atoms with Crippen LogP contribution in [0.25, 0.3) is 11.0 Å². The summed E-state index contributed by atoms with van der Waals surface area (Å²) in [5.41, 5.74) is 0.717. The molecule has 0 aliphatic carbocycles. The zero-order chi connectivity index (χ0) is 17.8. The molecule has 0 fully saturated rings. The topological polar surface area (TPSA) is 59.8 Å². The number of rotatable bonds is 5. The van der Waals surface area contributed by atoms with Crippen LogP contribution in [0.5, 0.6) is 5.75 Å². The summed E-state index contributed by atoms with van der Waals surface area (Å²) in [6, 6.07) is 16.5. The molecule has 3 rings (SSSR count). The minimum absolute atomic E-state index is 0.0264. The maximum atomic E-state index is 12.8. The Balaban J connectivity index is 1.98. The van der Waals surface area contributed by atoms with E-state index >= 15 is 0 Å². The standard InChI is InChI=1S/C20H19NO4/c1-3-21(13-14-8-5-4-6-9-14)19(22)16-12-15-10-7-11-17(24-2)18(15)25-20(16)23/h4-12H,3,13H2,1-2H3. The summed E-state index contributed by atoms with van der Waals surface area (Å²) in [6.45, 7) is 2.81. The maximum Gasteiger partial charge on any atom is 0.349 e. The molecule has 2 aromatic carbocycles. The van der Waals surface area contributed by atoms with Crippen molar-refractivity contribution in [2.24, 2.45) is 0 Å². The first-order valence-electron chi connectivity index (χ1n) is 8.08. The number of nitrogens with zero attached hydrogens (tertiary/aromatic N) is 1. The summed E-state index contributed by atoms with van der Waals surface area (Å²) >= 11 is 0. The largest absolute Gasteiger partial charge is 0.493 e. The van der Waals surface area contributed by atoms with Crippen LogP contribution in [-0.2, 0) is 6.54 Å². The van der Waals surface area contributed by atoms with Crippen molar-refractivity contribution in [1.29, 1.82) is 0 Å². The third kappa shape index (κ3) is 3.40. The molecular weight excluding hydrogens is 318 g/mol. The number of para-hydroxylation sites is 1. The van der Waals surface area contributed by atoms with Crippen LogP contribution in [0.2, 0.25) is 0 Å².